The SMILES string of the molecule is N#N.O=S(=O)(O)C(F)(F)F. The van der Waals surface area contributed by atoms with Crippen LogP contribution in [0, 0.1) is 10.8 Å². The number of hydrogen-bond acceptors (Lipinski definition) is 4. The molecule has 10 heavy (non-hydrogen) atoms. The first-order chi connectivity index (χ1) is 4.25. The van der Waals surface area contributed by atoms with E-state index in [1.165, 1.54) is 0 Å². The third-order valence-corrected chi connectivity index (χ3v) is 0.877. The van der Waals surface area contributed by atoms with Gasteiger partial charge in [-0.3, -0.25) is 4.55 Å². The van der Waals surface area contributed by atoms with Gasteiger partial charge in [0.05, 0.1) is 0 Å². The van der Waals surface area contributed by atoms with Crippen molar-refractivity contribution in [3.63, 3.8) is 0 Å². The Morgan fingerprint density at radius 1 is 1.20 bits per heavy atom. The van der Waals surface area contributed by atoms with E-state index in [0.717, 1.165) is 0 Å². The second-order valence-corrected chi connectivity index (χ2v) is 2.33. The summed E-state index contributed by atoms with van der Waals surface area (Å²) in [7, 11) is -5.84. The van der Waals surface area contributed by atoms with Gasteiger partial charge in [0.25, 0.3) is 0 Å². The van der Waals surface area contributed by atoms with Crippen molar-refractivity contribution in [3.8, 4) is 0 Å². The molecule has 0 saturated heterocycles. The summed E-state index contributed by atoms with van der Waals surface area (Å²) < 4.78 is 57.5. The van der Waals surface area contributed by atoms with Gasteiger partial charge in [-0.05, 0) is 0 Å². The van der Waals surface area contributed by atoms with Crippen LogP contribution in [-0.4, -0.2) is 18.5 Å². The third kappa shape index (κ3) is 4.04. The molecule has 0 saturated carbocycles. The van der Waals surface area contributed by atoms with Crippen molar-refractivity contribution >= 4 is 10.1 Å². The van der Waals surface area contributed by atoms with E-state index < -0.39 is 15.6 Å². The Balaban J connectivity index is 0. The molecule has 0 spiro atoms. The van der Waals surface area contributed by atoms with Crippen LogP contribution in [-0.2, 0) is 10.1 Å². The summed E-state index contributed by atoms with van der Waals surface area (Å²) in [5.74, 6) is 0. The van der Waals surface area contributed by atoms with E-state index in [4.69, 9.17) is 23.8 Å². The molecule has 0 atom stereocenters. The van der Waals surface area contributed by atoms with Gasteiger partial charge in [-0.1, -0.05) is 0 Å². The van der Waals surface area contributed by atoms with Gasteiger partial charge in [0.15, 0.2) is 0 Å². The fourth-order valence-corrected chi connectivity index (χ4v) is 0. The smallest absolute Gasteiger partial charge is 0.279 e. The average Bonchev–Trinajstić information content (AvgIpc) is 1.66. The van der Waals surface area contributed by atoms with Gasteiger partial charge in [-0.2, -0.15) is 21.6 Å². The van der Waals surface area contributed by atoms with Gasteiger partial charge in [0, 0.05) is 10.8 Å². The van der Waals surface area contributed by atoms with Crippen LogP contribution in [0.15, 0.2) is 0 Å². The Morgan fingerprint density at radius 3 is 1.30 bits per heavy atom. The second-order valence-electron chi connectivity index (χ2n) is 0.921. The first kappa shape index (κ1) is 11.9. The molecule has 9 heteroatoms. The Bertz CT molecular complexity index is 202. The molecule has 0 aromatic rings. The number of halogens is 3. The lowest BCUT2D eigenvalue weighted by atomic mass is 11.6. The van der Waals surface area contributed by atoms with Gasteiger partial charge in [0.2, 0.25) is 0 Å². The van der Waals surface area contributed by atoms with Gasteiger partial charge >= 0.3 is 15.6 Å². The van der Waals surface area contributed by atoms with Crippen molar-refractivity contribution in [2.75, 3.05) is 0 Å². The average molecular weight is 178 g/mol. The lowest BCUT2D eigenvalue weighted by Crippen LogP contribution is -2.21. The zero-order chi connectivity index (χ0) is 9.00. The summed E-state index contributed by atoms with van der Waals surface area (Å²) in [4.78, 5) is 0. The Morgan fingerprint density at radius 2 is 1.30 bits per heavy atom. The molecule has 0 radical (unpaired) electrons. The van der Waals surface area contributed by atoms with Gasteiger partial charge in [-0.25, -0.2) is 0 Å². The van der Waals surface area contributed by atoms with Crippen LogP contribution >= 0.6 is 0 Å². The lowest BCUT2D eigenvalue weighted by Gasteiger charge is -1.97. The number of hydrogen-bond donors (Lipinski definition) is 1. The molecule has 5 nitrogen and oxygen atoms in total. The molecule has 0 aliphatic rings. The summed E-state index contributed by atoms with van der Waals surface area (Å²) in [6, 6.07) is 0. The Kier molecular flexibility index (Phi) is 3.95. The van der Waals surface area contributed by atoms with Crippen LogP contribution in [0.1, 0.15) is 0 Å². The fourth-order valence-electron chi connectivity index (χ4n) is 0. The van der Waals surface area contributed by atoms with Crippen molar-refractivity contribution in [3.05, 3.63) is 0 Å². The van der Waals surface area contributed by atoms with E-state index in [-0.39, 0.29) is 0 Å². The zero-order valence-corrected chi connectivity index (χ0v) is 5.02. The highest BCUT2D eigenvalue weighted by molar-refractivity contribution is 7.86. The Labute approximate surface area is 53.6 Å². The highest BCUT2D eigenvalue weighted by atomic mass is 32.2. The molecule has 0 heterocycles. The lowest BCUT2D eigenvalue weighted by molar-refractivity contribution is -0.0510. The minimum absolute atomic E-state index is 5.53. The maximum Gasteiger partial charge on any atom is 0.522 e. The molecule has 60 valence electrons. The quantitative estimate of drug-likeness (QED) is 0.329. The predicted molar refractivity (Wildman–Crippen MR) is 21.1 cm³/mol. The summed E-state index contributed by atoms with van der Waals surface area (Å²) in [5.41, 5.74) is -5.53. The van der Waals surface area contributed by atoms with Gasteiger partial charge < -0.3 is 0 Å². The molecule has 0 amide bonds. The Hall–Kier alpha value is -0.880. The van der Waals surface area contributed by atoms with Crippen LogP contribution in [0.2, 0.25) is 0 Å². The van der Waals surface area contributed by atoms with E-state index in [9.17, 15) is 13.2 Å². The van der Waals surface area contributed by atoms with E-state index in [2.05, 4.69) is 0 Å². The predicted octanol–water partition coefficient (Wildman–Crippen LogP) is 0.424. The number of nitrogens with zero attached hydrogens (tertiary/aromatic N) is 2. The molecule has 0 aromatic carbocycles. The summed E-state index contributed by atoms with van der Waals surface area (Å²) >= 11 is 0. The normalized spacial score (nSPS) is 11.4. The first-order valence-corrected chi connectivity index (χ1v) is 2.93. The highest BCUT2D eigenvalue weighted by Crippen LogP contribution is 2.20. The van der Waals surface area contributed by atoms with Crippen LogP contribution in [0.5, 0.6) is 0 Å². The van der Waals surface area contributed by atoms with E-state index >= 15 is 0 Å². The van der Waals surface area contributed by atoms with Crippen LogP contribution in [0.3, 0.4) is 0 Å². The molecule has 0 fully saturated rings. The fraction of sp³-hybridized carbons (Fsp3) is 1.00. The second kappa shape index (κ2) is 3.33. The maximum atomic E-state index is 10.7. The molecule has 0 unspecified atom stereocenters. The summed E-state index contributed by atoms with van der Waals surface area (Å²) in [6.07, 6.45) is 0. The number of alkyl halides is 3. The first-order valence-electron chi connectivity index (χ1n) is 1.49. The van der Waals surface area contributed by atoms with Crippen LogP contribution in [0.4, 0.5) is 13.2 Å². The minimum Gasteiger partial charge on any atom is -0.279 e. The summed E-state index contributed by atoms with van der Waals surface area (Å²) in [5, 5.41) is 12.0. The maximum absolute atomic E-state index is 10.7. The van der Waals surface area contributed by atoms with Crippen molar-refractivity contribution in [1.82, 2.24) is 0 Å². The topological polar surface area (TPSA) is 102 Å². The monoisotopic (exact) mass is 178 g/mol. The van der Waals surface area contributed by atoms with E-state index in [0.29, 0.717) is 0 Å². The van der Waals surface area contributed by atoms with E-state index in [1.54, 1.807) is 0 Å². The standard InChI is InChI=1S/CHF3O3S.N2/c2-1(3,4)8(5,6)7;1-2/h(H,5,6,7);. The minimum atomic E-state index is -5.84. The molecule has 0 aromatic heterocycles. The van der Waals surface area contributed by atoms with Crippen LogP contribution < -0.4 is 0 Å². The molecular formula is CHF3N2O3S. The zero-order valence-electron chi connectivity index (χ0n) is 4.20. The largest absolute Gasteiger partial charge is 0.522 e. The molecule has 0 aliphatic carbocycles. The highest BCUT2D eigenvalue weighted by Gasteiger charge is 2.44. The van der Waals surface area contributed by atoms with Crippen molar-refractivity contribution < 1.29 is 26.1 Å². The van der Waals surface area contributed by atoms with Crippen molar-refractivity contribution in [2.45, 2.75) is 5.51 Å². The van der Waals surface area contributed by atoms with Crippen molar-refractivity contribution in [2.24, 2.45) is 0 Å². The molecule has 0 bridgehead atoms. The molecular weight excluding hydrogens is 177 g/mol. The van der Waals surface area contributed by atoms with Crippen LogP contribution in [0.25, 0.3) is 0 Å². The molecule has 0 rings (SSSR count). The van der Waals surface area contributed by atoms with Gasteiger partial charge in [-0.15, -0.1) is 0 Å². The van der Waals surface area contributed by atoms with Gasteiger partial charge in [0.1, 0.15) is 0 Å². The molecule has 0 aliphatic heterocycles. The molecule has 1 N–H and O–H groups in total. The van der Waals surface area contributed by atoms with Crippen molar-refractivity contribution in [1.29, 1.82) is 10.8 Å². The van der Waals surface area contributed by atoms with E-state index in [1.807, 2.05) is 0 Å². The summed E-state index contributed by atoms with van der Waals surface area (Å²) in [6.45, 7) is 0. The number of rotatable bonds is 0. The third-order valence-electron chi connectivity index (χ3n) is 0.292.